The summed E-state index contributed by atoms with van der Waals surface area (Å²) in [6.45, 7) is 0.634. The predicted molar refractivity (Wildman–Crippen MR) is 117 cm³/mol. The maximum Gasteiger partial charge on any atom is 0.250 e. The molecular formula is C22H16Cl3N3O3. The smallest absolute Gasteiger partial charge is 0.250 e. The third kappa shape index (κ3) is 2.31. The van der Waals surface area contributed by atoms with Gasteiger partial charge in [0, 0.05) is 27.3 Å². The molecule has 6 rings (SSSR count). The van der Waals surface area contributed by atoms with E-state index in [1.165, 1.54) is 6.07 Å². The van der Waals surface area contributed by atoms with E-state index >= 15 is 0 Å². The van der Waals surface area contributed by atoms with Gasteiger partial charge in [0.2, 0.25) is 17.7 Å². The second-order valence-electron chi connectivity index (χ2n) is 8.42. The second-order valence-corrected chi connectivity index (χ2v) is 9.70. The van der Waals surface area contributed by atoms with Gasteiger partial charge < -0.3 is 5.32 Å². The Morgan fingerprint density at radius 3 is 2.52 bits per heavy atom. The molecule has 4 aliphatic rings. The summed E-state index contributed by atoms with van der Waals surface area (Å²) in [6.07, 6.45) is 1.58. The molecule has 0 radical (unpaired) electrons. The molecule has 2 aromatic carbocycles. The lowest BCUT2D eigenvalue weighted by Crippen LogP contribution is -2.54. The molecule has 2 aromatic rings. The molecule has 9 heteroatoms. The lowest BCUT2D eigenvalue weighted by atomic mass is 9.75. The van der Waals surface area contributed by atoms with Crippen LogP contribution in [0.5, 0.6) is 0 Å². The Morgan fingerprint density at radius 1 is 0.968 bits per heavy atom. The average molecular weight is 477 g/mol. The van der Waals surface area contributed by atoms with E-state index in [9.17, 15) is 14.4 Å². The van der Waals surface area contributed by atoms with Crippen molar-refractivity contribution in [2.75, 3.05) is 16.8 Å². The number of amides is 3. The van der Waals surface area contributed by atoms with Gasteiger partial charge >= 0.3 is 0 Å². The first-order valence-corrected chi connectivity index (χ1v) is 11.2. The van der Waals surface area contributed by atoms with E-state index in [0.29, 0.717) is 27.8 Å². The molecule has 4 heterocycles. The van der Waals surface area contributed by atoms with Crippen LogP contribution in [0.25, 0.3) is 0 Å². The number of carbonyl (C=O) groups excluding carboxylic acids is 3. The van der Waals surface area contributed by atoms with Gasteiger partial charge in [0.05, 0.1) is 22.5 Å². The highest BCUT2D eigenvalue weighted by Crippen LogP contribution is 2.61. The molecule has 0 bridgehead atoms. The van der Waals surface area contributed by atoms with Crippen LogP contribution < -0.4 is 10.2 Å². The number of rotatable bonds is 1. The molecule has 3 saturated heterocycles. The number of carbonyl (C=O) groups is 3. The normalized spacial score (nSPS) is 31.4. The second kappa shape index (κ2) is 6.45. The largest absolute Gasteiger partial charge is 0.324 e. The van der Waals surface area contributed by atoms with Crippen LogP contribution in [0, 0.1) is 11.8 Å². The zero-order valence-electron chi connectivity index (χ0n) is 16.1. The van der Waals surface area contributed by atoms with Gasteiger partial charge in [-0.15, -0.1) is 0 Å². The number of fused-ring (bicyclic) bond motifs is 7. The fraction of sp³-hybridized carbons (Fsp3) is 0.318. The highest BCUT2D eigenvalue weighted by Gasteiger charge is 2.74. The van der Waals surface area contributed by atoms with Crippen molar-refractivity contribution in [2.45, 2.75) is 24.4 Å². The number of hydrogen-bond donors (Lipinski definition) is 1. The Balaban J connectivity index is 1.58. The molecule has 0 saturated carbocycles. The summed E-state index contributed by atoms with van der Waals surface area (Å²) in [5.74, 6) is -2.56. The zero-order chi connectivity index (χ0) is 21.7. The molecule has 0 unspecified atom stereocenters. The molecular weight excluding hydrogens is 461 g/mol. The molecule has 31 heavy (non-hydrogen) atoms. The monoisotopic (exact) mass is 475 g/mol. The Kier molecular flexibility index (Phi) is 4.07. The van der Waals surface area contributed by atoms with Crippen LogP contribution in [-0.2, 0) is 19.9 Å². The number of imide groups is 1. The number of nitrogens with zero attached hydrogens (tertiary/aromatic N) is 2. The highest BCUT2D eigenvalue weighted by atomic mass is 35.5. The minimum atomic E-state index is -1.27. The first-order chi connectivity index (χ1) is 14.9. The topological polar surface area (TPSA) is 69.7 Å². The van der Waals surface area contributed by atoms with Gasteiger partial charge in [0.25, 0.3) is 0 Å². The Labute approximate surface area is 193 Å². The van der Waals surface area contributed by atoms with Gasteiger partial charge in [-0.3, -0.25) is 19.3 Å². The summed E-state index contributed by atoms with van der Waals surface area (Å²) in [7, 11) is 0. The van der Waals surface area contributed by atoms with Crippen molar-refractivity contribution in [3.05, 3.63) is 57.0 Å². The van der Waals surface area contributed by atoms with Crippen LogP contribution in [-0.4, -0.2) is 35.2 Å². The van der Waals surface area contributed by atoms with Crippen LogP contribution in [0.3, 0.4) is 0 Å². The predicted octanol–water partition coefficient (Wildman–Crippen LogP) is 4.08. The van der Waals surface area contributed by atoms with Crippen molar-refractivity contribution in [2.24, 2.45) is 11.8 Å². The number of nitrogens with one attached hydrogen (secondary N) is 1. The van der Waals surface area contributed by atoms with Gasteiger partial charge in [-0.05, 0) is 55.8 Å². The van der Waals surface area contributed by atoms with Crippen molar-refractivity contribution in [3.63, 3.8) is 0 Å². The third-order valence-corrected chi connectivity index (χ3v) is 7.89. The Hall–Kier alpha value is -2.12. The van der Waals surface area contributed by atoms with Crippen LogP contribution in [0.4, 0.5) is 11.4 Å². The molecule has 6 nitrogen and oxygen atoms in total. The number of anilines is 2. The molecule has 158 valence electrons. The number of benzene rings is 2. The first-order valence-electron chi connectivity index (χ1n) is 10.1. The number of hydrogen-bond acceptors (Lipinski definition) is 4. The van der Waals surface area contributed by atoms with E-state index in [4.69, 9.17) is 34.8 Å². The van der Waals surface area contributed by atoms with Crippen LogP contribution in [0.1, 0.15) is 18.4 Å². The minimum Gasteiger partial charge on any atom is -0.324 e. The maximum atomic E-state index is 13.9. The molecule has 0 aromatic heterocycles. The van der Waals surface area contributed by atoms with Gasteiger partial charge in [0.1, 0.15) is 5.54 Å². The summed E-state index contributed by atoms with van der Waals surface area (Å²) >= 11 is 18.8. The lowest BCUT2D eigenvalue weighted by Gasteiger charge is -2.36. The van der Waals surface area contributed by atoms with Gasteiger partial charge in [-0.1, -0.05) is 34.8 Å². The minimum absolute atomic E-state index is 0.208. The fourth-order valence-corrected chi connectivity index (χ4v) is 6.61. The van der Waals surface area contributed by atoms with Gasteiger partial charge in [-0.2, -0.15) is 0 Å². The third-order valence-electron chi connectivity index (χ3n) is 7.10. The van der Waals surface area contributed by atoms with Crippen LogP contribution in [0.15, 0.2) is 36.4 Å². The summed E-state index contributed by atoms with van der Waals surface area (Å²) < 4.78 is 0. The van der Waals surface area contributed by atoms with E-state index < -0.39 is 23.3 Å². The summed E-state index contributed by atoms with van der Waals surface area (Å²) in [5.41, 5.74) is 0.270. The molecule has 0 aliphatic carbocycles. The summed E-state index contributed by atoms with van der Waals surface area (Å²) in [6, 6.07) is 9.65. The first kappa shape index (κ1) is 19.6. The highest BCUT2D eigenvalue weighted by molar-refractivity contribution is 6.38. The van der Waals surface area contributed by atoms with E-state index in [-0.39, 0.29) is 28.6 Å². The summed E-state index contributed by atoms with van der Waals surface area (Å²) in [4.78, 5) is 44.2. The van der Waals surface area contributed by atoms with Crippen molar-refractivity contribution >= 4 is 63.9 Å². The molecule has 1 N–H and O–H groups in total. The van der Waals surface area contributed by atoms with Crippen LogP contribution >= 0.6 is 34.8 Å². The zero-order valence-corrected chi connectivity index (χ0v) is 18.3. The fourth-order valence-electron chi connectivity index (χ4n) is 6.07. The maximum absolute atomic E-state index is 13.9. The van der Waals surface area contributed by atoms with Crippen molar-refractivity contribution in [3.8, 4) is 0 Å². The van der Waals surface area contributed by atoms with Crippen molar-refractivity contribution in [1.82, 2.24) is 4.90 Å². The number of halogens is 3. The van der Waals surface area contributed by atoms with Crippen molar-refractivity contribution < 1.29 is 14.4 Å². The molecule has 4 atom stereocenters. The van der Waals surface area contributed by atoms with Crippen LogP contribution in [0.2, 0.25) is 15.1 Å². The average Bonchev–Trinajstić information content (AvgIpc) is 3.43. The molecule has 3 fully saturated rings. The Morgan fingerprint density at radius 2 is 1.71 bits per heavy atom. The molecule has 3 amide bonds. The molecule has 1 spiro atoms. The SMILES string of the molecule is O=C1[C@H]2[C@@H](C(=O)N1c1cc(Cl)ccc1Cl)[C@]1(C(=O)Nc3ccc(Cl)cc31)N1CCC[C@@H]21. The van der Waals surface area contributed by atoms with E-state index in [1.807, 2.05) is 4.90 Å². The lowest BCUT2D eigenvalue weighted by molar-refractivity contribution is -0.135. The quantitative estimate of drug-likeness (QED) is 0.630. The molecule has 4 aliphatic heterocycles. The van der Waals surface area contributed by atoms with Gasteiger partial charge in [-0.25, -0.2) is 4.90 Å². The van der Waals surface area contributed by atoms with E-state index in [1.54, 1.807) is 30.3 Å². The van der Waals surface area contributed by atoms with Gasteiger partial charge in [0.15, 0.2) is 0 Å². The van der Waals surface area contributed by atoms with E-state index in [2.05, 4.69) is 5.32 Å². The standard InChI is InChI=1S/C22H16Cl3N3O3/c23-10-4-6-14-12(8-10)22(21(31)26-14)18-17(15-2-1-7-27(15)22)19(29)28(20(18)30)16-9-11(24)3-5-13(16)25/h3-6,8-9,15,17-18H,1-2,7H2,(H,26,31)/t15-,17+,18-,22+/m0/s1. The Bertz CT molecular complexity index is 1200. The van der Waals surface area contributed by atoms with E-state index in [0.717, 1.165) is 17.7 Å². The van der Waals surface area contributed by atoms with Crippen molar-refractivity contribution in [1.29, 1.82) is 0 Å². The summed E-state index contributed by atoms with van der Waals surface area (Å²) in [5, 5.41) is 4.02.